The minimum absolute atomic E-state index is 0.0263. The highest BCUT2D eigenvalue weighted by molar-refractivity contribution is 5.34. The van der Waals surface area contributed by atoms with Gasteiger partial charge in [-0.2, -0.15) is 26.3 Å². The molecule has 0 aromatic heterocycles. The molecule has 1 aliphatic rings. The molecule has 118 valence electrons. The van der Waals surface area contributed by atoms with Gasteiger partial charge in [0.15, 0.2) is 0 Å². The molecule has 0 amide bonds. The summed E-state index contributed by atoms with van der Waals surface area (Å²) in [7, 11) is 0. The lowest BCUT2D eigenvalue weighted by atomic mass is 9.99. The van der Waals surface area contributed by atoms with Crippen LogP contribution < -0.4 is 10.6 Å². The second-order valence-corrected chi connectivity index (χ2v) is 4.97. The SMILES string of the molecule is FC(F)(F)c1cc(CC2CNCCN2)cc(C(F)(F)F)c1. The largest absolute Gasteiger partial charge is 0.416 e. The zero-order valence-electron chi connectivity index (χ0n) is 10.9. The zero-order chi connectivity index (χ0) is 15.7. The van der Waals surface area contributed by atoms with E-state index in [0.29, 0.717) is 13.1 Å². The van der Waals surface area contributed by atoms with Crippen LogP contribution in [0.5, 0.6) is 0 Å². The van der Waals surface area contributed by atoms with Crippen LogP contribution in [0.2, 0.25) is 0 Å². The minimum atomic E-state index is -4.80. The smallest absolute Gasteiger partial charge is 0.314 e. The Morgan fingerprint density at radius 2 is 1.48 bits per heavy atom. The maximum absolute atomic E-state index is 12.7. The van der Waals surface area contributed by atoms with Crippen LogP contribution in [0.4, 0.5) is 26.3 Å². The Bertz CT molecular complexity index is 456. The molecule has 0 saturated carbocycles. The topological polar surface area (TPSA) is 24.1 Å². The van der Waals surface area contributed by atoms with Crippen molar-refractivity contribution in [3.8, 4) is 0 Å². The fourth-order valence-electron chi connectivity index (χ4n) is 2.28. The predicted molar refractivity (Wildman–Crippen MR) is 64.8 cm³/mol. The Balaban J connectivity index is 2.31. The summed E-state index contributed by atoms with van der Waals surface area (Å²) in [5.74, 6) is 0. The Morgan fingerprint density at radius 3 is 1.90 bits per heavy atom. The van der Waals surface area contributed by atoms with Gasteiger partial charge in [0, 0.05) is 25.7 Å². The first-order valence-corrected chi connectivity index (χ1v) is 6.39. The van der Waals surface area contributed by atoms with Gasteiger partial charge in [0.1, 0.15) is 0 Å². The number of rotatable bonds is 2. The molecule has 0 aliphatic carbocycles. The summed E-state index contributed by atoms with van der Waals surface area (Å²) in [5, 5.41) is 6.10. The lowest BCUT2D eigenvalue weighted by Crippen LogP contribution is -2.49. The fourth-order valence-corrected chi connectivity index (χ4v) is 2.28. The van der Waals surface area contributed by atoms with Gasteiger partial charge >= 0.3 is 12.4 Å². The average molecular weight is 312 g/mol. The molecule has 21 heavy (non-hydrogen) atoms. The van der Waals surface area contributed by atoms with Crippen molar-refractivity contribution < 1.29 is 26.3 Å². The first kappa shape index (κ1) is 16.1. The molecule has 2 rings (SSSR count). The number of alkyl halides is 6. The molecule has 1 saturated heterocycles. The van der Waals surface area contributed by atoms with Crippen molar-refractivity contribution in [3.05, 3.63) is 34.9 Å². The first-order valence-electron chi connectivity index (χ1n) is 6.39. The highest BCUT2D eigenvalue weighted by Crippen LogP contribution is 2.36. The predicted octanol–water partition coefficient (Wildman–Crippen LogP) is 2.83. The van der Waals surface area contributed by atoms with E-state index in [-0.39, 0.29) is 24.1 Å². The van der Waals surface area contributed by atoms with E-state index in [9.17, 15) is 26.3 Å². The van der Waals surface area contributed by atoms with E-state index in [2.05, 4.69) is 10.6 Å². The standard InChI is InChI=1S/C13H14F6N2/c14-12(15,16)9-3-8(4-10(6-9)13(17,18)19)5-11-7-20-1-2-21-11/h3-4,6,11,20-21H,1-2,5,7H2. The van der Waals surface area contributed by atoms with Crippen LogP contribution in [-0.4, -0.2) is 25.7 Å². The quantitative estimate of drug-likeness (QED) is 0.821. The summed E-state index contributed by atoms with van der Waals surface area (Å²) >= 11 is 0. The number of hydrogen-bond acceptors (Lipinski definition) is 2. The van der Waals surface area contributed by atoms with Crippen LogP contribution in [0.15, 0.2) is 18.2 Å². The molecule has 1 atom stereocenters. The molecule has 2 nitrogen and oxygen atoms in total. The van der Waals surface area contributed by atoms with Crippen LogP contribution in [0.3, 0.4) is 0 Å². The van der Waals surface area contributed by atoms with E-state index in [1.54, 1.807) is 0 Å². The Morgan fingerprint density at radius 1 is 0.905 bits per heavy atom. The molecule has 1 heterocycles. The highest BCUT2D eigenvalue weighted by Gasteiger charge is 2.37. The molecule has 0 spiro atoms. The zero-order valence-corrected chi connectivity index (χ0v) is 10.9. The number of piperazine rings is 1. The van der Waals surface area contributed by atoms with Gasteiger partial charge in [-0.15, -0.1) is 0 Å². The van der Waals surface area contributed by atoms with Gasteiger partial charge in [-0.05, 0) is 30.2 Å². The number of benzene rings is 1. The molecule has 1 aromatic rings. The van der Waals surface area contributed by atoms with Gasteiger partial charge in [-0.3, -0.25) is 0 Å². The average Bonchev–Trinajstić information content (AvgIpc) is 2.37. The molecular formula is C13H14F6N2. The Kier molecular flexibility index (Phi) is 4.48. The number of halogens is 6. The van der Waals surface area contributed by atoms with Gasteiger partial charge in [-0.1, -0.05) is 0 Å². The van der Waals surface area contributed by atoms with Crippen molar-refractivity contribution >= 4 is 0 Å². The summed E-state index contributed by atoms with van der Waals surface area (Å²) < 4.78 is 76.3. The van der Waals surface area contributed by atoms with Crippen LogP contribution in [0.25, 0.3) is 0 Å². The van der Waals surface area contributed by atoms with E-state index < -0.39 is 23.5 Å². The molecule has 1 aliphatic heterocycles. The summed E-state index contributed by atoms with van der Waals surface area (Å²) in [6.45, 7) is 1.88. The van der Waals surface area contributed by atoms with Gasteiger partial charge in [0.25, 0.3) is 0 Å². The third kappa shape index (κ3) is 4.34. The number of nitrogens with one attached hydrogen (secondary N) is 2. The van der Waals surface area contributed by atoms with E-state index in [1.165, 1.54) is 0 Å². The third-order valence-corrected chi connectivity index (χ3v) is 3.26. The lowest BCUT2D eigenvalue weighted by Gasteiger charge is -2.25. The van der Waals surface area contributed by atoms with E-state index in [0.717, 1.165) is 18.7 Å². The van der Waals surface area contributed by atoms with Crippen LogP contribution in [-0.2, 0) is 18.8 Å². The lowest BCUT2D eigenvalue weighted by molar-refractivity contribution is -0.143. The highest BCUT2D eigenvalue weighted by atomic mass is 19.4. The maximum Gasteiger partial charge on any atom is 0.416 e. The Labute approximate surface area is 117 Å². The first-order chi connectivity index (χ1) is 9.66. The Hall–Kier alpha value is -1.28. The van der Waals surface area contributed by atoms with E-state index in [4.69, 9.17) is 0 Å². The van der Waals surface area contributed by atoms with E-state index >= 15 is 0 Å². The van der Waals surface area contributed by atoms with Gasteiger partial charge in [-0.25, -0.2) is 0 Å². The van der Waals surface area contributed by atoms with E-state index in [1.807, 2.05) is 0 Å². The van der Waals surface area contributed by atoms with Crippen molar-refractivity contribution in [2.45, 2.75) is 24.8 Å². The summed E-state index contributed by atoms with van der Waals surface area (Å²) in [6.07, 6.45) is -9.48. The molecule has 0 radical (unpaired) electrons. The van der Waals surface area contributed by atoms with Crippen LogP contribution in [0.1, 0.15) is 16.7 Å². The third-order valence-electron chi connectivity index (χ3n) is 3.26. The fraction of sp³-hybridized carbons (Fsp3) is 0.538. The second kappa shape index (κ2) is 5.84. The normalized spacial score (nSPS) is 20.6. The van der Waals surface area contributed by atoms with Gasteiger partial charge in [0.2, 0.25) is 0 Å². The monoisotopic (exact) mass is 312 g/mol. The van der Waals surface area contributed by atoms with Crippen molar-refractivity contribution in [2.75, 3.05) is 19.6 Å². The number of hydrogen-bond donors (Lipinski definition) is 2. The summed E-state index contributed by atoms with van der Waals surface area (Å²) in [4.78, 5) is 0. The van der Waals surface area contributed by atoms with Gasteiger partial charge < -0.3 is 10.6 Å². The molecule has 0 bridgehead atoms. The maximum atomic E-state index is 12.7. The molecular weight excluding hydrogens is 298 g/mol. The van der Waals surface area contributed by atoms with Crippen molar-refractivity contribution in [1.82, 2.24) is 10.6 Å². The van der Waals surface area contributed by atoms with Crippen molar-refractivity contribution in [3.63, 3.8) is 0 Å². The van der Waals surface area contributed by atoms with Gasteiger partial charge in [0.05, 0.1) is 11.1 Å². The summed E-state index contributed by atoms with van der Waals surface area (Å²) in [5.41, 5.74) is -2.51. The molecule has 1 unspecified atom stereocenters. The summed E-state index contributed by atoms with van der Waals surface area (Å²) in [6, 6.07) is 1.54. The molecule has 2 N–H and O–H groups in total. The van der Waals surface area contributed by atoms with Crippen molar-refractivity contribution in [2.24, 2.45) is 0 Å². The molecule has 1 fully saturated rings. The minimum Gasteiger partial charge on any atom is -0.314 e. The molecule has 1 aromatic carbocycles. The van der Waals surface area contributed by atoms with Crippen LogP contribution >= 0.6 is 0 Å². The van der Waals surface area contributed by atoms with Crippen LogP contribution in [0, 0.1) is 0 Å². The van der Waals surface area contributed by atoms with Crippen molar-refractivity contribution in [1.29, 1.82) is 0 Å². The second-order valence-electron chi connectivity index (χ2n) is 4.97. The molecule has 8 heteroatoms.